The first-order valence-electron chi connectivity index (χ1n) is 9.55. The van der Waals surface area contributed by atoms with E-state index in [9.17, 15) is 4.79 Å². The van der Waals surface area contributed by atoms with Crippen molar-refractivity contribution < 1.29 is 14.6 Å². The van der Waals surface area contributed by atoms with Gasteiger partial charge in [0, 0.05) is 29.1 Å². The van der Waals surface area contributed by atoms with Gasteiger partial charge in [-0.05, 0) is 61.9 Å². The number of carboxylic acids is 1. The van der Waals surface area contributed by atoms with Gasteiger partial charge in [0.05, 0.1) is 11.6 Å². The Labute approximate surface area is 158 Å². The van der Waals surface area contributed by atoms with Crippen molar-refractivity contribution in [1.29, 1.82) is 0 Å². The highest BCUT2D eigenvalue weighted by atomic mass is 16.5. The molecule has 1 N–H and O–H groups in total. The lowest BCUT2D eigenvalue weighted by atomic mass is 9.99. The molecule has 0 radical (unpaired) electrons. The molecular weight excluding hydrogens is 338 g/mol. The number of ether oxygens (including phenoxy) is 1. The third-order valence-electron chi connectivity index (χ3n) is 5.17. The summed E-state index contributed by atoms with van der Waals surface area (Å²) < 4.78 is 6.31. The Morgan fingerprint density at radius 2 is 1.93 bits per heavy atom. The monoisotopic (exact) mass is 361 g/mol. The van der Waals surface area contributed by atoms with Crippen molar-refractivity contribution >= 4 is 16.9 Å². The molecule has 1 aromatic heterocycles. The zero-order valence-corrected chi connectivity index (χ0v) is 15.2. The molecule has 3 aromatic rings. The van der Waals surface area contributed by atoms with Crippen LogP contribution in [0.5, 0.6) is 5.75 Å². The molecule has 0 unspecified atom stereocenters. The van der Waals surface area contributed by atoms with Gasteiger partial charge in [-0.25, -0.2) is 0 Å². The number of aromatic nitrogens is 1. The maximum absolute atomic E-state index is 10.9. The van der Waals surface area contributed by atoms with Crippen LogP contribution in [0.4, 0.5) is 0 Å². The Hall–Kier alpha value is -2.88. The van der Waals surface area contributed by atoms with E-state index < -0.39 is 5.97 Å². The minimum Gasteiger partial charge on any atom is -0.490 e. The van der Waals surface area contributed by atoms with Gasteiger partial charge < -0.3 is 9.84 Å². The van der Waals surface area contributed by atoms with E-state index >= 15 is 0 Å². The first kappa shape index (κ1) is 17.5. The highest BCUT2D eigenvalue weighted by Crippen LogP contribution is 2.35. The van der Waals surface area contributed by atoms with E-state index in [0.29, 0.717) is 6.42 Å². The number of para-hydroxylation sites is 1. The fourth-order valence-electron chi connectivity index (χ4n) is 3.72. The predicted octanol–water partition coefficient (Wildman–Crippen LogP) is 5.24. The third-order valence-corrected chi connectivity index (χ3v) is 5.17. The highest BCUT2D eigenvalue weighted by molar-refractivity contribution is 5.84. The normalized spacial score (nSPS) is 14.5. The summed E-state index contributed by atoms with van der Waals surface area (Å²) in [6, 6.07) is 16.2. The van der Waals surface area contributed by atoms with Crippen LogP contribution in [0.3, 0.4) is 0 Å². The second kappa shape index (κ2) is 7.78. The van der Waals surface area contributed by atoms with Gasteiger partial charge in [-0.3, -0.25) is 9.78 Å². The zero-order chi connectivity index (χ0) is 18.6. The molecule has 1 fully saturated rings. The molecule has 0 saturated heterocycles. The van der Waals surface area contributed by atoms with E-state index in [1.807, 2.05) is 36.5 Å². The van der Waals surface area contributed by atoms with Crippen molar-refractivity contribution in [3.63, 3.8) is 0 Å². The Morgan fingerprint density at radius 1 is 1.11 bits per heavy atom. The van der Waals surface area contributed by atoms with Gasteiger partial charge in [-0.1, -0.05) is 24.3 Å². The number of fused-ring (bicyclic) bond motifs is 1. The topological polar surface area (TPSA) is 59.4 Å². The fourth-order valence-corrected chi connectivity index (χ4v) is 3.72. The van der Waals surface area contributed by atoms with E-state index in [2.05, 4.69) is 23.2 Å². The van der Waals surface area contributed by atoms with Crippen LogP contribution in [0.1, 0.15) is 37.7 Å². The van der Waals surface area contributed by atoms with Gasteiger partial charge in [-0.15, -0.1) is 0 Å². The average molecular weight is 361 g/mol. The minimum atomic E-state index is -0.782. The second-order valence-electron chi connectivity index (χ2n) is 7.17. The van der Waals surface area contributed by atoms with Gasteiger partial charge in [0.15, 0.2) is 0 Å². The van der Waals surface area contributed by atoms with Crippen LogP contribution in [0.15, 0.2) is 54.7 Å². The van der Waals surface area contributed by atoms with E-state index in [-0.39, 0.29) is 12.5 Å². The lowest BCUT2D eigenvalue weighted by Gasteiger charge is -2.18. The number of hydrogen-bond donors (Lipinski definition) is 1. The molecule has 1 heterocycles. The molecule has 27 heavy (non-hydrogen) atoms. The van der Waals surface area contributed by atoms with E-state index in [0.717, 1.165) is 46.2 Å². The standard InChI is InChI=1S/C23H23NO3/c25-23(26)12-10-16-9-11-22(27-19-6-2-3-7-19)20(13-16)18-14-17-5-1-4-8-21(17)24-15-18/h1,4-5,8-9,11,13-15,19H,2-3,6-7,10,12H2,(H,25,26). The minimum absolute atomic E-state index is 0.123. The van der Waals surface area contributed by atoms with Crippen LogP contribution in [0.25, 0.3) is 22.0 Å². The number of carboxylic acid groups (broad SMARTS) is 1. The van der Waals surface area contributed by atoms with Crippen molar-refractivity contribution in [2.75, 3.05) is 0 Å². The first-order valence-corrected chi connectivity index (χ1v) is 9.55. The average Bonchev–Trinajstić information content (AvgIpc) is 3.20. The van der Waals surface area contributed by atoms with Crippen molar-refractivity contribution in [2.45, 2.75) is 44.6 Å². The van der Waals surface area contributed by atoms with Crippen LogP contribution in [-0.2, 0) is 11.2 Å². The van der Waals surface area contributed by atoms with Gasteiger partial charge in [0.2, 0.25) is 0 Å². The number of hydrogen-bond acceptors (Lipinski definition) is 3. The number of benzene rings is 2. The summed E-state index contributed by atoms with van der Waals surface area (Å²) in [6.45, 7) is 0. The molecule has 4 nitrogen and oxygen atoms in total. The van der Waals surface area contributed by atoms with E-state index in [1.165, 1.54) is 12.8 Å². The smallest absolute Gasteiger partial charge is 0.303 e. The van der Waals surface area contributed by atoms with Crippen LogP contribution >= 0.6 is 0 Å². The molecule has 0 bridgehead atoms. The number of rotatable bonds is 6. The fraction of sp³-hybridized carbons (Fsp3) is 0.304. The molecule has 0 amide bonds. The summed E-state index contributed by atoms with van der Waals surface area (Å²) in [7, 11) is 0. The van der Waals surface area contributed by atoms with Gasteiger partial charge in [-0.2, -0.15) is 0 Å². The molecule has 1 aliphatic carbocycles. The lowest BCUT2D eigenvalue weighted by molar-refractivity contribution is -0.136. The van der Waals surface area contributed by atoms with Crippen molar-refractivity contribution in [3.8, 4) is 16.9 Å². The van der Waals surface area contributed by atoms with Gasteiger partial charge in [0.25, 0.3) is 0 Å². The summed E-state index contributed by atoms with van der Waals surface area (Å²) in [6.07, 6.45) is 7.39. The molecule has 138 valence electrons. The molecule has 2 aromatic carbocycles. The Balaban J connectivity index is 1.72. The summed E-state index contributed by atoms with van der Waals surface area (Å²) in [5, 5.41) is 10.1. The van der Waals surface area contributed by atoms with Crippen LogP contribution in [0, 0.1) is 0 Å². The number of aliphatic carboxylic acids is 1. The Bertz CT molecular complexity index is 961. The van der Waals surface area contributed by atoms with Crippen molar-refractivity contribution in [1.82, 2.24) is 4.98 Å². The SMILES string of the molecule is O=C(O)CCc1ccc(OC2CCCC2)c(-c2cnc3ccccc3c2)c1. The molecule has 0 spiro atoms. The number of carbonyl (C=O) groups is 1. The first-order chi connectivity index (χ1) is 13.2. The summed E-state index contributed by atoms with van der Waals surface area (Å²) >= 11 is 0. The number of aryl methyl sites for hydroxylation is 1. The molecule has 4 rings (SSSR count). The summed E-state index contributed by atoms with van der Waals surface area (Å²) in [5.41, 5.74) is 3.95. The van der Waals surface area contributed by atoms with Crippen LogP contribution < -0.4 is 4.74 Å². The Kier molecular flexibility index (Phi) is 5.05. The summed E-state index contributed by atoms with van der Waals surface area (Å²) in [5.74, 6) is 0.0771. The maximum Gasteiger partial charge on any atom is 0.303 e. The molecule has 0 aliphatic heterocycles. The predicted molar refractivity (Wildman–Crippen MR) is 106 cm³/mol. The van der Waals surface area contributed by atoms with E-state index in [1.54, 1.807) is 0 Å². The molecule has 4 heteroatoms. The van der Waals surface area contributed by atoms with Crippen molar-refractivity contribution in [3.05, 3.63) is 60.3 Å². The largest absolute Gasteiger partial charge is 0.490 e. The van der Waals surface area contributed by atoms with E-state index in [4.69, 9.17) is 9.84 Å². The lowest BCUT2D eigenvalue weighted by Crippen LogP contribution is -2.11. The third kappa shape index (κ3) is 4.11. The second-order valence-corrected chi connectivity index (χ2v) is 7.17. The molecular formula is C23H23NO3. The zero-order valence-electron chi connectivity index (χ0n) is 15.2. The quantitative estimate of drug-likeness (QED) is 0.652. The molecule has 1 saturated carbocycles. The van der Waals surface area contributed by atoms with Gasteiger partial charge in [0.1, 0.15) is 5.75 Å². The Morgan fingerprint density at radius 3 is 2.74 bits per heavy atom. The summed E-state index contributed by atoms with van der Waals surface area (Å²) in [4.78, 5) is 15.5. The molecule has 1 aliphatic rings. The number of pyridine rings is 1. The molecule has 0 atom stereocenters. The van der Waals surface area contributed by atoms with Gasteiger partial charge >= 0.3 is 5.97 Å². The number of nitrogens with zero attached hydrogens (tertiary/aromatic N) is 1. The van der Waals surface area contributed by atoms with Crippen LogP contribution in [0.2, 0.25) is 0 Å². The maximum atomic E-state index is 10.9. The van der Waals surface area contributed by atoms with Crippen molar-refractivity contribution in [2.24, 2.45) is 0 Å². The van der Waals surface area contributed by atoms with Crippen LogP contribution in [-0.4, -0.2) is 22.2 Å². The highest BCUT2D eigenvalue weighted by Gasteiger charge is 2.19.